The Morgan fingerprint density at radius 1 is 0.870 bits per heavy atom. The summed E-state index contributed by atoms with van der Waals surface area (Å²) in [5, 5.41) is 13.0. The molecule has 112 valence electrons. The number of ketones is 1. The lowest BCUT2D eigenvalue weighted by Crippen LogP contribution is -2.10. The molecule has 23 heavy (non-hydrogen) atoms. The zero-order valence-electron chi connectivity index (χ0n) is 11.9. The molecule has 4 heteroatoms. The number of carbonyl (C=O) groups is 1. The molecule has 0 spiro atoms. The van der Waals surface area contributed by atoms with Crippen molar-refractivity contribution in [2.75, 3.05) is 0 Å². The molecule has 0 saturated heterocycles. The van der Waals surface area contributed by atoms with Gasteiger partial charge in [-0.2, -0.15) is 0 Å². The van der Waals surface area contributed by atoms with E-state index < -0.39 is 0 Å². The smallest absolute Gasteiger partial charge is 0.204 e. The molecule has 0 radical (unpaired) electrons. The summed E-state index contributed by atoms with van der Waals surface area (Å²) in [6, 6.07) is 18.5. The highest BCUT2D eigenvalue weighted by molar-refractivity contribution is 8.04. The van der Waals surface area contributed by atoms with E-state index in [4.69, 9.17) is 11.6 Å². The molecule has 0 aliphatic heterocycles. The molecular weight excluding hydrogens is 328 g/mol. The molecule has 1 aliphatic rings. The Hall–Kier alpha value is -2.23. The van der Waals surface area contributed by atoms with Crippen molar-refractivity contribution in [1.82, 2.24) is 0 Å². The van der Waals surface area contributed by atoms with E-state index in [-0.39, 0.29) is 11.5 Å². The van der Waals surface area contributed by atoms with Crippen LogP contribution in [0.3, 0.4) is 0 Å². The number of halogens is 1. The molecule has 2 nitrogen and oxygen atoms in total. The number of thioether (sulfide) groups is 1. The molecule has 4 rings (SSSR count). The van der Waals surface area contributed by atoms with Gasteiger partial charge < -0.3 is 5.11 Å². The van der Waals surface area contributed by atoms with Crippen LogP contribution in [0.1, 0.15) is 15.9 Å². The lowest BCUT2D eigenvalue weighted by molar-refractivity contribution is 0.104. The number of carbonyl (C=O) groups excluding carboxylic acids is 1. The van der Waals surface area contributed by atoms with Crippen LogP contribution in [0, 0.1) is 0 Å². The molecule has 3 aromatic carbocycles. The summed E-state index contributed by atoms with van der Waals surface area (Å²) in [5.74, 6) is -0.106. The average molecular weight is 339 g/mol. The number of benzene rings is 3. The lowest BCUT2D eigenvalue weighted by atomic mass is 9.91. The van der Waals surface area contributed by atoms with Crippen molar-refractivity contribution in [2.45, 2.75) is 4.90 Å². The number of hydrogen-bond acceptors (Lipinski definition) is 3. The Morgan fingerprint density at radius 2 is 1.52 bits per heavy atom. The minimum absolute atomic E-state index is 0.0410. The second-order valence-corrected chi connectivity index (χ2v) is 6.79. The van der Waals surface area contributed by atoms with Gasteiger partial charge in [0.25, 0.3) is 0 Å². The summed E-state index contributed by atoms with van der Waals surface area (Å²) in [4.78, 5) is 14.0. The monoisotopic (exact) mass is 338 g/mol. The van der Waals surface area contributed by atoms with E-state index in [0.717, 1.165) is 15.7 Å². The van der Waals surface area contributed by atoms with Gasteiger partial charge in [0.1, 0.15) is 10.7 Å². The molecule has 3 aromatic rings. The Bertz CT molecular complexity index is 969. The third-order valence-corrected chi connectivity index (χ3v) is 5.20. The fraction of sp³-hybridized carbons (Fsp3) is 0. The van der Waals surface area contributed by atoms with Crippen LogP contribution in [-0.4, -0.2) is 10.9 Å². The first-order chi connectivity index (χ1) is 11.1. The van der Waals surface area contributed by atoms with Gasteiger partial charge in [-0.25, -0.2) is 0 Å². The standard InChI is InChI=1S/C19H11ClO2S/c20-12-7-9-13(10-8-12)23-19-17(21)14-5-1-3-11-4-2-6-15(16(11)14)18(19)22/h1-10,21H. The van der Waals surface area contributed by atoms with Crippen LogP contribution < -0.4 is 0 Å². The van der Waals surface area contributed by atoms with Crippen LogP contribution in [0.15, 0.2) is 70.5 Å². The molecule has 0 saturated carbocycles. The second-order valence-electron chi connectivity index (χ2n) is 5.27. The molecule has 1 N–H and O–H groups in total. The quantitative estimate of drug-likeness (QED) is 0.650. The van der Waals surface area contributed by atoms with Crippen LogP contribution in [-0.2, 0) is 0 Å². The van der Waals surface area contributed by atoms with E-state index in [9.17, 15) is 9.90 Å². The molecule has 0 bridgehead atoms. The molecule has 0 aromatic heterocycles. The SMILES string of the molecule is O=C1C(Sc2ccc(Cl)cc2)=C(O)c2cccc3cccc1c23. The summed E-state index contributed by atoms with van der Waals surface area (Å²) in [6.45, 7) is 0. The highest BCUT2D eigenvalue weighted by atomic mass is 35.5. The van der Waals surface area contributed by atoms with Crippen molar-refractivity contribution in [3.8, 4) is 0 Å². The maximum absolute atomic E-state index is 12.8. The summed E-state index contributed by atoms with van der Waals surface area (Å²) in [5.41, 5.74) is 1.33. The highest BCUT2D eigenvalue weighted by Gasteiger charge is 2.28. The van der Waals surface area contributed by atoms with Crippen molar-refractivity contribution in [1.29, 1.82) is 0 Å². The maximum atomic E-state index is 12.8. The molecule has 0 amide bonds. The van der Waals surface area contributed by atoms with Crippen molar-refractivity contribution < 1.29 is 9.90 Å². The molecule has 0 unspecified atom stereocenters. The fourth-order valence-corrected chi connectivity index (χ4v) is 3.84. The van der Waals surface area contributed by atoms with E-state index in [1.54, 1.807) is 12.1 Å². The topological polar surface area (TPSA) is 37.3 Å². The van der Waals surface area contributed by atoms with Crippen LogP contribution in [0.2, 0.25) is 5.02 Å². The van der Waals surface area contributed by atoms with Crippen LogP contribution in [0.25, 0.3) is 16.5 Å². The van der Waals surface area contributed by atoms with Crippen molar-refractivity contribution in [3.05, 3.63) is 81.7 Å². The second kappa shape index (κ2) is 5.44. The Labute approximate surface area is 142 Å². The van der Waals surface area contributed by atoms with Crippen LogP contribution in [0.5, 0.6) is 0 Å². The summed E-state index contributed by atoms with van der Waals surface area (Å²) >= 11 is 7.15. The number of rotatable bonds is 2. The first-order valence-electron chi connectivity index (χ1n) is 7.08. The lowest BCUT2D eigenvalue weighted by Gasteiger charge is -2.19. The van der Waals surface area contributed by atoms with Gasteiger partial charge in [-0.1, -0.05) is 59.8 Å². The van der Waals surface area contributed by atoms with Gasteiger partial charge in [-0.15, -0.1) is 0 Å². The number of Topliss-reactive ketones (excluding diaryl/α,β-unsaturated/α-hetero) is 1. The van der Waals surface area contributed by atoms with Crippen molar-refractivity contribution in [2.24, 2.45) is 0 Å². The zero-order chi connectivity index (χ0) is 16.0. The van der Waals surface area contributed by atoms with Gasteiger partial charge >= 0.3 is 0 Å². The normalized spacial score (nSPS) is 13.7. The van der Waals surface area contributed by atoms with E-state index in [1.807, 2.05) is 48.5 Å². The summed E-state index contributed by atoms with van der Waals surface area (Å²) in [7, 11) is 0. The van der Waals surface area contributed by atoms with Crippen LogP contribution in [0.4, 0.5) is 0 Å². The Balaban J connectivity index is 1.89. The number of aliphatic hydroxyl groups excluding tert-OH is 1. The van der Waals surface area contributed by atoms with Gasteiger partial charge in [0.2, 0.25) is 5.78 Å². The zero-order valence-corrected chi connectivity index (χ0v) is 13.5. The largest absolute Gasteiger partial charge is 0.506 e. The van der Waals surface area contributed by atoms with Crippen molar-refractivity contribution >= 4 is 45.7 Å². The van der Waals surface area contributed by atoms with Crippen LogP contribution >= 0.6 is 23.4 Å². The fourth-order valence-electron chi connectivity index (χ4n) is 2.79. The molecule has 0 heterocycles. The molecular formula is C19H11ClO2S. The number of aliphatic hydroxyl groups is 1. The number of allylic oxidation sites excluding steroid dienone is 1. The third-order valence-electron chi connectivity index (χ3n) is 3.86. The summed E-state index contributed by atoms with van der Waals surface area (Å²) in [6.07, 6.45) is 0. The van der Waals surface area contributed by atoms with Gasteiger partial charge in [0, 0.05) is 26.4 Å². The van der Waals surface area contributed by atoms with Gasteiger partial charge in [0.05, 0.1) is 0 Å². The van der Waals surface area contributed by atoms with Gasteiger partial charge in [0.15, 0.2) is 0 Å². The Morgan fingerprint density at radius 3 is 2.22 bits per heavy atom. The first-order valence-corrected chi connectivity index (χ1v) is 8.28. The average Bonchev–Trinajstić information content (AvgIpc) is 2.58. The van der Waals surface area contributed by atoms with E-state index in [1.165, 1.54) is 11.8 Å². The number of hydrogen-bond donors (Lipinski definition) is 1. The maximum Gasteiger partial charge on any atom is 0.204 e. The van der Waals surface area contributed by atoms with Gasteiger partial charge in [-0.05, 0) is 29.7 Å². The third kappa shape index (κ3) is 2.33. The predicted octanol–water partition coefficient (Wildman–Crippen LogP) is 5.71. The molecule has 1 aliphatic carbocycles. The van der Waals surface area contributed by atoms with Gasteiger partial charge in [-0.3, -0.25) is 4.79 Å². The molecule has 0 fully saturated rings. The molecule has 0 atom stereocenters. The minimum Gasteiger partial charge on any atom is -0.506 e. The predicted molar refractivity (Wildman–Crippen MR) is 95.1 cm³/mol. The highest BCUT2D eigenvalue weighted by Crippen LogP contribution is 2.41. The van der Waals surface area contributed by atoms with E-state index in [0.29, 0.717) is 21.1 Å². The minimum atomic E-state index is -0.147. The van der Waals surface area contributed by atoms with E-state index in [2.05, 4.69) is 0 Å². The van der Waals surface area contributed by atoms with Crippen molar-refractivity contribution in [3.63, 3.8) is 0 Å². The first kappa shape index (κ1) is 14.4. The van der Waals surface area contributed by atoms with E-state index >= 15 is 0 Å². The summed E-state index contributed by atoms with van der Waals surface area (Å²) < 4.78 is 0. The Kier molecular flexibility index (Phi) is 3.40.